The third-order valence-corrected chi connectivity index (χ3v) is 3.55. The van der Waals surface area contributed by atoms with E-state index in [-0.39, 0.29) is 5.82 Å². The molecule has 0 aliphatic rings. The lowest BCUT2D eigenvalue weighted by atomic mass is 10.2. The number of nitrogens with one attached hydrogen (secondary N) is 1. The van der Waals surface area contributed by atoms with Gasteiger partial charge in [0.1, 0.15) is 12.1 Å². The zero-order valence-corrected chi connectivity index (χ0v) is 11.8. The summed E-state index contributed by atoms with van der Waals surface area (Å²) in [6.07, 6.45) is 3.04. The fourth-order valence-electron chi connectivity index (χ4n) is 1.65. The van der Waals surface area contributed by atoms with Gasteiger partial charge in [0.2, 0.25) is 0 Å². The molecule has 0 aliphatic carbocycles. The van der Waals surface area contributed by atoms with Crippen molar-refractivity contribution in [1.29, 1.82) is 0 Å². The second kappa shape index (κ2) is 6.73. The van der Waals surface area contributed by atoms with Gasteiger partial charge in [-0.25, -0.2) is 9.37 Å². The van der Waals surface area contributed by atoms with Gasteiger partial charge in [0, 0.05) is 6.54 Å². The summed E-state index contributed by atoms with van der Waals surface area (Å²) in [5, 5.41) is 3.77. The minimum Gasteiger partial charge on any atom is -0.440 e. The Morgan fingerprint density at radius 1 is 1.42 bits per heavy atom. The fraction of sp³-hybridized carbons (Fsp3) is 0.357. The van der Waals surface area contributed by atoms with Crippen LogP contribution in [0.1, 0.15) is 19.4 Å². The van der Waals surface area contributed by atoms with E-state index in [1.165, 1.54) is 24.1 Å². The van der Waals surface area contributed by atoms with Crippen molar-refractivity contribution < 1.29 is 8.81 Å². The highest BCUT2D eigenvalue weighted by molar-refractivity contribution is 7.99. The highest BCUT2D eigenvalue weighted by Crippen LogP contribution is 2.31. The third-order valence-electron chi connectivity index (χ3n) is 2.52. The Kier molecular flexibility index (Phi) is 4.99. The Morgan fingerprint density at radius 3 is 2.95 bits per heavy atom. The van der Waals surface area contributed by atoms with Gasteiger partial charge in [-0.05, 0) is 35.9 Å². The minimum absolute atomic E-state index is 0.243. The normalized spacial score (nSPS) is 11.2. The molecule has 0 saturated heterocycles. The summed E-state index contributed by atoms with van der Waals surface area (Å²) in [5.74, 6) is 0.323. The highest BCUT2D eigenvalue weighted by atomic mass is 32.2. The van der Waals surface area contributed by atoms with Gasteiger partial charge in [0.05, 0.1) is 11.1 Å². The van der Waals surface area contributed by atoms with Crippen molar-refractivity contribution in [2.45, 2.75) is 30.5 Å². The molecule has 1 aromatic carbocycles. The van der Waals surface area contributed by atoms with Gasteiger partial charge < -0.3 is 9.73 Å². The maximum Gasteiger partial charge on any atom is 0.260 e. The largest absolute Gasteiger partial charge is 0.440 e. The van der Waals surface area contributed by atoms with Gasteiger partial charge >= 0.3 is 0 Å². The number of hydrogen-bond donors (Lipinski definition) is 1. The Bertz CT molecular complexity index is 514. The van der Waals surface area contributed by atoms with Crippen LogP contribution in [0.5, 0.6) is 0 Å². The van der Waals surface area contributed by atoms with Crippen LogP contribution in [0.4, 0.5) is 4.39 Å². The van der Waals surface area contributed by atoms with Crippen molar-refractivity contribution in [3.05, 3.63) is 42.0 Å². The molecule has 0 atom stereocenters. The number of halogens is 1. The summed E-state index contributed by atoms with van der Waals surface area (Å²) >= 11 is 1.21. The molecule has 0 saturated carbocycles. The molecule has 1 heterocycles. The Morgan fingerprint density at radius 2 is 2.26 bits per heavy atom. The molecule has 2 rings (SSSR count). The second-order valence-electron chi connectivity index (χ2n) is 4.65. The molecular formula is C14H17FN2OS. The lowest BCUT2D eigenvalue weighted by molar-refractivity contribution is 0.453. The van der Waals surface area contributed by atoms with Gasteiger partial charge in [0.15, 0.2) is 0 Å². The minimum atomic E-state index is -0.243. The van der Waals surface area contributed by atoms with Crippen molar-refractivity contribution in [3.8, 4) is 0 Å². The summed E-state index contributed by atoms with van der Waals surface area (Å²) in [7, 11) is 0. The van der Waals surface area contributed by atoms with Crippen LogP contribution in [-0.2, 0) is 6.54 Å². The molecule has 0 spiro atoms. The number of oxazole rings is 1. The van der Waals surface area contributed by atoms with Crippen LogP contribution in [-0.4, -0.2) is 11.5 Å². The van der Waals surface area contributed by atoms with Crippen LogP contribution >= 0.6 is 11.8 Å². The van der Waals surface area contributed by atoms with E-state index in [9.17, 15) is 4.39 Å². The van der Waals surface area contributed by atoms with Crippen LogP contribution in [0.15, 0.2) is 45.2 Å². The molecule has 102 valence electrons. The number of benzene rings is 1. The van der Waals surface area contributed by atoms with Gasteiger partial charge in [-0.1, -0.05) is 26.0 Å². The van der Waals surface area contributed by atoms with E-state index >= 15 is 0 Å². The van der Waals surface area contributed by atoms with Crippen LogP contribution in [0.3, 0.4) is 0 Å². The monoisotopic (exact) mass is 280 g/mol. The van der Waals surface area contributed by atoms with Gasteiger partial charge in [-0.2, -0.15) is 0 Å². The van der Waals surface area contributed by atoms with Gasteiger partial charge in [-0.3, -0.25) is 0 Å². The Balaban J connectivity index is 2.11. The molecule has 0 radical (unpaired) electrons. The van der Waals surface area contributed by atoms with Gasteiger partial charge in [0.25, 0.3) is 5.22 Å². The molecule has 19 heavy (non-hydrogen) atoms. The quantitative estimate of drug-likeness (QED) is 0.875. The highest BCUT2D eigenvalue weighted by Gasteiger charge is 2.12. The zero-order valence-electron chi connectivity index (χ0n) is 11.0. The van der Waals surface area contributed by atoms with E-state index in [4.69, 9.17) is 4.42 Å². The SMILES string of the molecule is CC(C)CNCc1cccc(F)c1Sc1ncco1. The summed E-state index contributed by atoms with van der Waals surface area (Å²) in [4.78, 5) is 4.58. The standard InChI is InChI=1S/C14H17FN2OS/c1-10(2)8-16-9-11-4-3-5-12(15)13(11)19-14-17-6-7-18-14/h3-7,10,16H,8-9H2,1-2H3. The Hall–Kier alpha value is -1.33. The fourth-order valence-corrected chi connectivity index (χ4v) is 2.48. The predicted molar refractivity (Wildman–Crippen MR) is 73.6 cm³/mol. The zero-order chi connectivity index (χ0) is 13.7. The number of nitrogens with zero attached hydrogens (tertiary/aromatic N) is 1. The van der Waals surface area contributed by atoms with E-state index in [0.29, 0.717) is 22.6 Å². The van der Waals surface area contributed by atoms with Gasteiger partial charge in [-0.15, -0.1) is 0 Å². The number of aromatic nitrogens is 1. The number of hydrogen-bond acceptors (Lipinski definition) is 4. The number of rotatable bonds is 6. The van der Waals surface area contributed by atoms with Crippen LogP contribution in [0.25, 0.3) is 0 Å². The van der Waals surface area contributed by atoms with Crippen LogP contribution < -0.4 is 5.32 Å². The maximum absolute atomic E-state index is 13.9. The van der Waals surface area contributed by atoms with E-state index in [2.05, 4.69) is 24.1 Å². The summed E-state index contributed by atoms with van der Waals surface area (Å²) in [6, 6.07) is 5.10. The van der Waals surface area contributed by atoms with E-state index in [0.717, 1.165) is 12.1 Å². The predicted octanol–water partition coefficient (Wildman–Crippen LogP) is 3.71. The average molecular weight is 280 g/mol. The lowest BCUT2D eigenvalue weighted by Crippen LogP contribution is -2.19. The summed E-state index contributed by atoms with van der Waals surface area (Å²) in [5.41, 5.74) is 0.920. The first-order valence-corrected chi connectivity index (χ1v) is 7.04. The van der Waals surface area contributed by atoms with E-state index in [1.54, 1.807) is 12.3 Å². The summed E-state index contributed by atoms with van der Waals surface area (Å²) in [6.45, 7) is 5.82. The molecule has 0 aliphatic heterocycles. The van der Waals surface area contributed by atoms with Crippen molar-refractivity contribution in [3.63, 3.8) is 0 Å². The van der Waals surface area contributed by atoms with E-state index < -0.39 is 0 Å². The summed E-state index contributed by atoms with van der Waals surface area (Å²) < 4.78 is 19.1. The molecule has 1 aromatic heterocycles. The molecule has 1 N–H and O–H groups in total. The van der Waals surface area contributed by atoms with Crippen molar-refractivity contribution in [1.82, 2.24) is 10.3 Å². The van der Waals surface area contributed by atoms with Crippen molar-refractivity contribution in [2.24, 2.45) is 5.92 Å². The topological polar surface area (TPSA) is 38.1 Å². The molecule has 5 heteroatoms. The smallest absolute Gasteiger partial charge is 0.260 e. The first-order valence-electron chi connectivity index (χ1n) is 6.22. The molecule has 3 nitrogen and oxygen atoms in total. The molecule has 0 amide bonds. The second-order valence-corrected chi connectivity index (χ2v) is 5.61. The van der Waals surface area contributed by atoms with Crippen LogP contribution in [0.2, 0.25) is 0 Å². The van der Waals surface area contributed by atoms with E-state index in [1.807, 2.05) is 6.07 Å². The maximum atomic E-state index is 13.9. The third kappa shape index (κ3) is 4.08. The first kappa shape index (κ1) is 14.1. The van der Waals surface area contributed by atoms with Crippen LogP contribution in [0, 0.1) is 11.7 Å². The van der Waals surface area contributed by atoms with Crippen molar-refractivity contribution in [2.75, 3.05) is 6.54 Å². The molecule has 2 aromatic rings. The van der Waals surface area contributed by atoms with Crippen molar-refractivity contribution >= 4 is 11.8 Å². The molecule has 0 unspecified atom stereocenters. The lowest BCUT2D eigenvalue weighted by Gasteiger charge is -2.11. The average Bonchev–Trinajstić information content (AvgIpc) is 2.85. The molecule has 0 fully saturated rings. The molecular weight excluding hydrogens is 263 g/mol. The Labute approximate surface area is 116 Å². The first-order chi connectivity index (χ1) is 9.16. The molecule has 0 bridgehead atoms.